The fraction of sp³-hybridized carbons (Fsp3) is 0.0833. The summed E-state index contributed by atoms with van der Waals surface area (Å²) in [6.45, 7) is 1.92. The molecule has 2 rings (SSSR count). The number of nitrogens with zero attached hydrogens (tertiary/aromatic N) is 2. The number of carbonyl (C=O) groups is 1. The third kappa shape index (κ3) is 3.27. The summed E-state index contributed by atoms with van der Waals surface area (Å²) in [7, 11) is 0. The summed E-state index contributed by atoms with van der Waals surface area (Å²) in [6.07, 6.45) is 3.14. The van der Waals surface area contributed by atoms with Crippen molar-refractivity contribution in [2.45, 2.75) is 6.92 Å². The molecule has 6 nitrogen and oxygen atoms in total. The van der Waals surface area contributed by atoms with E-state index in [9.17, 15) is 4.79 Å². The maximum Gasteiger partial charge on any atom is 0.275 e. The Morgan fingerprint density at radius 1 is 1.37 bits per heavy atom. The predicted octanol–water partition coefficient (Wildman–Crippen LogP) is 2.09. The number of aryl methyl sites for hydroxylation is 1. The Hall–Kier alpha value is -1.99. The zero-order chi connectivity index (χ0) is 13.8. The Kier molecular flexibility index (Phi) is 4.08. The van der Waals surface area contributed by atoms with Crippen molar-refractivity contribution in [3.05, 3.63) is 46.3 Å². The number of amides is 1. The quantitative estimate of drug-likeness (QED) is 0.594. The number of aromatic nitrogens is 2. The van der Waals surface area contributed by atoms with Gasteiger partial charge in [0.05, 0.1) is 5.69 Å². The van der Waals surface area contributed by atoms with Gasteiger partial charge in [-0.05, 0) is 46.6 Å². The molecule has 0 aliphatic rings. The molecule has 2 aromatic heterocycles. The number of hydrogen-bond acceptors (Lipinski definition) is 5. The van der Waals surface area contributed by atoms with Gasteiger partial charge < -0.3 is 10.7 Å². The number of anilines is 2. The van der Waals surface area contributed by atoms with Gasteiger partial charge in [-0.25, -0.2) is 4.98 Å². The average molecular weight is 322 g/mol. The summed E-state index contributed by atoms with van der Waals surface area (Å²) in [5.74, 6) is 5.41. The standard InChI is InChI=1S/C12H12BrN5O/c1-7-4-11(16-6-9(7)13)17-12(19)10-5-8(18-14)2-3-15-10/h2-6H,14H2,1H3,(H,15,18)(H,16,17,19). The average Bonchev–Trinajstić information content (AvgIpc) is 2.43. The minimum Gasteiger partial charge on any atom is -0.324 e. The van der Waals surface area contributed by atoms with Crippen LogP contribution in [0.5, 0.6) is 0 Å². The van der Waals surface area contributed by atoms with Crippen molar-refractivity contribution in [2.75, 3.05) is 10.7 Å². The van der Waals surface area contributed by atoms with Crippen molar-refractivity contribution in [2.24, 2.45) is 5.84 Å². The summed E-state index contributed by atoms with van der Waals surface area (Å²) in [6, 6.07) is 4.99. The van der Waals surface area contributed by atoms with Crippen LogP contribution in [0.3, 0.4) is 0 Å². The lowest BCUT2D eigenvalue weighted by molar-refractivity contribution is 0.102. The van der Waals surface area contributed by atoms with E-state index in [2.05, 4.69) is 36.6 Å². The van der Waals surface area contributed by atoms with Crippen molar-refractivity contribution in [1.29, 1.82) is 0 Å². The van der Waals surface area contributed by atoms with Crippen molar-refractivity contribution in [3.8, 4) is 0 Å². The number of rotatable bonds is 3. The number of nitrogens with one attached hydrogen (secondary N) is 2. The molecule has 2 aromatic rings. The normalized spacial score (nSPS) is 10.1. The topological polar surface area (TPSA) is 92.9 Å². The van der Waals surface area contributed by atoms with Gasteiger partial charge in [0, 0.05) is 16.9 Å². The highest BCUT2D eigenvalue weighted by atomic mass is 79.9. The van der Waals surface area contributed by atoms with E-state index in [1.807, 2.05) is 6.92 Å². The zero-order valence-corrected chi connectivity index (χ0v) is 11.7. The molecule has 2 heterocycles. The van der Waals surface area contributed by atoms with Crippen LogP contribution in [0.15, 0.2) is 35.1 Å². The first-order valence-corrected chi connectivity index (χ1v) is 6.25. The Morgan fingerprint density at radius 2 is 2.16 bits per heavy atom. The minimum atomic E-state index is -0.341. The molecule has 0 atom stereocenters. The van der Waals surface area contributed by atoms with E-state index in [4.69, 9.17) is 5.84 Å². The van der Waals surface area contributed by atoms with Gasteiger partial charge in [-0.1, -0.05) is 0 Å². The predicted molar refractivity (Wildman–Crippen MR) is 76.7 cm³/mol. The summed E-state index contributed by atoms with van der Waals surface area (Å²) in [5.41, 5.74) is 4.32. The molecule has 98 valence electrons. The van der Waals surface area contributed by atoms with Gasteiger partial charge in [0.25, 0.3) is 5.91 Å². The maximum absolute atomic E-state index is 12.0. The van der Waals surface area contributed by atoms with E-state index in [1.54, 1.807) is 24.4 Å². The van der Waals surface area contributed by atoms with E-state index in [-0.39, 0.29) is 11.6 Å². The monoisotopic (exact) mass is 321 g/mol. The van der Waals surface area contributed by atoms with Crippen LogP contribution in [0.1, 0.15) is 16.1 Å². The molecule has 0 bridgehead atoms. The van der Waals surface area contributed by atoms with Crippen LogP contribution >= 0.6 is 15.9 Å². The van der Waals surface area contributed by atoms with E-state index >= 15 is 0 Å². The van der Waals surface area contributed by atoms with Crippen LogP contribution in [0.2, 0.25) is 0 Å². The summed E-state index contributed by atoms with van der Waals surface area (Å²) in [5, 5.41) is 2.68. The molecular weight excluding hydrogens is 310 g/mol. The van der Waals surface area contributed by atoms with Gasteiger partial charge in [0.1, 0.15) is 11.5 Å². The second kappa shape index (κ2) is 5.77. The molecule has 0 fully saturated rings. The van der Waals surface area contributed by atoms with Crippen LogP contribution in [0.25, 0.3) is 0 Å². The van der Waals surface area contributed by atoms with Crippen LogP contribution in [0, 0.1) is 6.92 Å². The van der Waals surface area contributed by atoms with Gasteiger partial charge in [-0.15, -0.1) is 0 Å². The summed E-state index contributed by atoms with van der Waals surface area (Å²) in [4.78, 5) is 20.1. The first-order valence-electron chi connectivity index (χ1n) is 5.46. The lowest BCUT2D eigenvalue weighted by atomic mass is 10.3. The SMILES string of the molecule is Cc1cc(NC(=O)c2cc(NN)ccn2)ncc1Br. The number of hydrazine groups is 1. The van der Waals surface area contributed by atoms with Gasteiger partial charge >= 0.3 is 0 Å². The number of halogens is 1. The third-order valence-corrected chi connectivity index (χ3v) is 3.28. The smallest absolute Gasteiger partial charge is 0.275 e. The molecule has 7 heteroatoms. The molecule has 0 aliphatic heterocycles. The lowest BCUT2D eigenvalue weighted by Gasteiger charge is -2.06. The van der Waals surface area contributed by atoms with Gasteiger partial charge in [-0.2, -0.15) is 0 Å². The minimum absolute atomic E-state index is 0.262. The number of nitrogens with two attached hydrogens (primary N) is 1. The van der Waals surface area contributed by atoms with Gasteiger partial charge in [-0.3, -0.25) is 15.6 Å². The first kappa shape index (κ1) is 13.4. The van der Waals surface area contributed by atoms with Gasteiger partial charge in [0.2, 0.25) is 0 Å². The van der Waals surface area contributed by atoms with Crippen molar-refractivity contribution < 1.29 is 4.79 Å². The zero-order valence-electron chi connectivity index (χ0n) is 10.1. The first-order chi connectivity index (χ1) is 9.10. The van der Waals surface area contributed by atoms with E-state index < -0.39 is 0 Å². The number of pyridine rings is 2. The maximum atomic E-state index is 12.0. The van der Waals surface area contributed by atoms with E-state index in [0.717, 1.165) is 10.0 Å². The van der Waals surface area contributed by atoms with Crippen LogP contribution in [0.4, 0.5) is 11.5 Å². The highest BCUT2D eigenvalue weighted by Gasteiger charge is 2.09. The Balaban J connectivity index is 2.18. The third-order valence-electron chi connectivity index (χ3n) is 2.45. The molecular formula is C12H12BrN5O. The van der Waals surface area contributed by atoms with Crippen LogP contribution in [-0.2, 0) is 0 Å². The molecule has 19 heavy (non-hydrogen) atoms. The molecule has 0 spiro atoms. The fourth-order valence-electron chi connectivity index (χ4n) is 1.43. The molecule has 0 unspecified atom stereocenters. The molecule has 1 amide bonds. The Bertz CT molecular complexity index is 617. The second-order valence-corrected chi connectivity index (χ2v) is 4.70. The molecule has 0 saturated carbocycles. The lowest BCUT2D eigenvalue weighted by Crippen LogP contribution is -2.16. The largest absolute Gasteiger partial charge is 0.324 e. The summed E-state index contributed by atoms with van der Waals surface area (Å²) >= 11 is 3.35. The number of nitrogen functional groups attached to an aromatic ring is 1. The second-order valence-electron chi connectivity index (χ2n) is 3.85. The van der Waals surface area contributed by atoms with Crippen molar-refractivity contribution >= 4 is 33.3 Å². The Morgan fingerprint density at radius 3 is 2.84 bits per heavy atom. The summed E-state index contributed by atoms with van der Waals surface area (Å²) < 4.78 is 0.887. The molecule has 4 N–H and O–H groups in total. The van der Waals surface area contributed by atoms with Crippen molar-refractivity contribution in [3.63, 3.8) is 0 Å². The number of hydrogen-bond donors (Lipinski definition) is 3. The van der Waals surface area contributed by atoms with Gasteiger partial charge in [0.15, 0.2) is 0 Å². The molecule has 0 saturated heterocycles. The number of carbonyl (C=O) groups excluding carboxylic acids is 1. The molecule has 0 aliphatic carbocycles. The fourth-order valence-corrected chi connectivity index (χ4v) is 1.65. The van der Waals surface area contributed by atoms with Crippen molar-refractivity contribution in [1.82, 2.24) is 9.97 Å². The van der Waals surface area contributed by atoms with E-state index in [1.165, 1.54) is 6.20 Å². The molecule has 0 aromatic carbocycles. The highest BCUT2D eigenvalue weighted by Crippen LogP contribution is 2.17. The van der Waals surface area contributed by atoms with E-state index in [0.29, 0.717) is 11.5 Å². The van der Waals surface area contributed by atoms with Crippen LogP contribution < -0.4 is 16.6 Å². The van der Waals surface area contributed by atoms with Crippen LogP contribution in [-0.4, -0.2) is 15.9 Å². The Labute approximate surface area is 118 Å². The molecule has 0 radical (unpaired) electrons. The highest BCUT2D eigenvalue weighted by molar-refractivity contribution is 9.10.